The summed E-state index contributed by atoms with van der Waals surface area (Å²) in [5.41, 5.74) is 1.41. The molecule has 1 aromatic rings. The van der Waals surface area contributed by atoms with E-state index in [-0.39, 0.29) is 0 Å². The topological polar surface area (TPSA) is 59.4 Å². The average Bonchev–Trinajstić information content (AvgIpc) is 2.42. The van der Waals surface area contributed by atoms with E-state index in [9.17, 15) is 4.79 Å². The maximum atomic E-state index is 10.6. The van der Waals surface area contributed by atoms with E-state index < -0.39 is 5.97 Å². The molecule has 0 saturated heterocycles. The third-order valence-electron chi connectivity index (χ3n) is 2.91. The van der Waals surface area contributed by atoms with E-state index in [1.807, 2.05) is 19.1 Å². The molecule has 0 amide bonds. The molecule has 0 atom stereocenters. The molecule has 20 heavy (non-hydrogen) atoms. The van der Waals surface area contributed by atoms with Crippen LogP contribution in [-0.2, 0) is 4.79 Å². The monoisotopic (exact) mass is 277 g/mol. The van der Waals surface area contributed by atoms with Crippen LogP contribution in [0.2, 0.25) is 0 Å². The van der Waals surface area contributed by atoms with E-state index in [4.69, 9.17) is 9.84 Å². The van der Waals surface area contributed by atoms with Gasteiger partial charge in [0.25, 0.3) is 0 Å². The van der Waals surface area contributed by atoms with Crippen LogP contribution >= 0.6 is 0 Å². The third-order valence-corrected chi connectivity index (χ3v) is 2.91. The van der Waals surface area contributed by atoms with Crippen LogP contribution in [0.1, 0.15) is 50.4 Å². The summed E-state index contributed by atoms with van der Waals surface area (Å²) in [5.74, 6) is -0.345. The number of aromatic nitrogens is 1. The van der Waals surface area contributed by atoms with Gasteiger partial charge in [-0.2, -0.15) is 0 Å². The number of ether oxygens (including phenoxy) is 1. The molecule has 0 spiro atoms. The Hall–Kier alpha value is -1.84. The van der Waals surface area contributed by atoms with Gasteiger partial charge >= 0.3 is 5.97 Å². The Labute approximate surface area is 120 Å². The molecule has 0 unspecified atom stereocenters. The first-order chi connectivity index (χ1) is 9.63. The Morgan fingerprint density at radius 3 is 2.75 bits per heavy atom. The van der Waals surface area contributed by atoms with Crippen molar-refractivity contribution in [3.8, 4) is 5.75 Å². The normalized spacial score (nSPS) is 10.9. The van der Waals surface area contributed by atoms with Crippen LogP contribution in [0.15, 0.2) is 18.2 Å². The first-order valence-electron chi connectivity index (χ1n) is 7.15. The summed E-state index contributed by atoms with van der Waals surface area (Å²) in [4.78, 5) is 14.9. The highest BCUT2D eigenvalue weighted by Crippen LogP contribution is 2.19. The van der Waals surface area contributed by atoms with Gasteiger partial charge < -0.3 is 9.84 Å². The second-order valence-corrected chi connectivity index (χ2v) is 4.77. The van der Waals surface area contributed by atoms with Crippen molar-refractivity contribution >= 4 is 12.0 Å². The number of hydrogen-bond donors (Lipinski definition) is 1. The molecule has 0 saturated carbocycles. The van der Waals surface area contributed by atoms with Gasteiger partial charge in [0.05, 0.1) is 6.61 Å². The standard InChI is InChI=1S/C16H23NO3/c1-3-4-5-6-7-12-20-15-10-8-13(2)17-14(15)9-11-16(18)19/h8-11H,3-7,12H2,1-2H3,(H,18,19). The van der Waals surface area contributed by atoms with Gasteiger partial charge in [0.2, 0.25) is 0 Å². The summed E-state index contributed by atoms with van der Waals surface area (Å²) in [5, 5.41) is 8.68. The molecule has 0 fully saturated rings. The van der Waals surface area contributed by atoms with Crippen LogP contribution in [0.3, 0.4) is 0 Å². The minimum Gasteiger partial charge on any atom is -0.491 e. The molecule has 1 heterocycles. The van der Waals surface area contributed by atoms with Crippen molar-refractivity contribution in [2.24, 2.45) is 0 Å². The first kappa shape index (κ1) is 16.2. The molecule has 0 aliphatic rings. The van der Waals surface area contributed by atoms with Crippen molar-refractivity contribution in [1.82, 2.24) is 4.98 Å². The van der Waals surface area contributed by atoms with Crippen molar-refractivity contribution in [1.29, 1.82) is 0 Å². The number of carbonyl (C=O) groups is 1. The molecule has 0 aromatic carbocycles. The molecular formula is C16H23NO3. The maximum absolute atomic E-state index is 10.6. The quantitative estimate of drug-likeness (QED) is 0.550. The Morgan fingerprint density at radius 1 is 1.30 bits per heavy atom. The van der Waals surface area contributed by atoms with Crippen molar-refractivity contribution < 1.29 is 14.6 Å². The Morgan fingerprint density at radius 2 is 2.05 bits per heavy atom. The van der Waals surface area contributed by atoms with Gasteiger partial charge in [-0.15, -0.1) is 0 Å². The van der Waals surface area contributed by atoms with Crippen molar-refractivity contribution in [3.63, 3.8) is 0 Å². The van der Waals surface area contributed by atoms with Crippen molar-refractivity contribution in [2.45, 2.75) is 46.0 Å². The van der Waals surface area contributed by atoms with Crippen LogP contribution in [0.4, 0.5) is 0 Å². The number of aliphatic carboxylic acids is 1. The van der Waals surface area contributed by atoms with Crippen LogP contribution in [-0.4, -0.2) is 22.7 Å². The fourth-order valence-corrected chi connectivity index (χ4v) is 1.84. The second kappa shape index (κ2) is 9.13. The number of pyridine rings is 1. The molecule has 1 N–H and O–H groups in total. The summed E-state index contributed by atoms with van der Waals surface area (Å²) in [6.45, 7) is 4.70. The fraction of sp³-hybridized carbons (Fsp3) is 0.500. The van der Waals surface area contributed by atoms with Gasteiger partial charge in [0.15, 0.2) is 0 Å². The van der Waals surface area contributed by atoms with Crippen LogP contribution in [0, 0.1) is 6.92 Å². The number of hydrogen-bond acceptors (Lipinski definition) is 3. The first-order valence-corrected chi connectivity index (χ1v) is 7.15. The SMILES string of the molecule is CCCCCCCOc1ccc(C)nc1C=CC(=O)O. The minimum atomic E-state index is -0.987. The highest BCUT2D eigenvalue weighted by Gasteiger charge is 2.03. The van der Waals surface area contributed by atoms with Crippen molar-refractivity contribution in [2.75, 3.05) is 6.61 Å². The Bertz CT molecular complexity index is 455. The van der Waals surface area contributed by atoms with Gasteiger partial charge in [-0.3, -0.25) is 0 Å². The van der Waals surface area contributed by atoms with Crippen molar-refractivity contribution in [3.05, 3.63) is 29.6 Å². The summed E-state index contributed by atoms with van der Waals surface area (Å²) in [7, 11) is 0. The molecule has 4 nitrogen and oxygen atoms in total. The Kier molecular flexibility index (Phi) is 7.40. The summed E-state index contributed by atoms with van der Waals surface area (Å²) in [6.07, 6.45) is 8.45. The summed E-state index contributed by atoms with van der Waals surface area (Å²) in [6, 6.07) is 3.71. The van der Waals surface area contributed by atoms with E-state index in [0.717, 1.165) is 24.6 Å². The molecular weight excluding hydrogens is 254 g/mol. The summed E-state index contributed by atoms with van der Waals surface area (Å²) < 4.78 is 5.70. The molecule has 1 rings (SSSR count). The molecule has 110 valence electrons. The third kappa shape index (κ3) is 6.36. The number of carboxylic acids is 1. The van der Waals surface area contributed by atoms with Crippen LogP contribution in [0.5, 0.6) is 5.75 Å². The van der Waals surface area contributed by atoms with E-state index in [1.165, 1.54) is 25.3 Å². The number of rotatable bonds is 9. The molecule has 0 aliphatic carbocycles. The number of carboxylic acid groups (broad SMARTS) is 1. The van der Waals surface area contributed by atoms with Gasteiger partial charge in [0, 0.05) is 11.8 Å². The maximum Gasteiger partial charge on any atom is 0.328 e. The van der Waals surface area contributed by atoms with Crippen LogP contribution in [0.25, 0.3) is 6.08 Å². The molecule has 4 heteroatoms. The highest BCUT2D eigenvalue weighted by atomic mass is 16.5. The lowest BCUT2D eigenvalue weighted by atomic mass is 10.2. The van der Waals surface area contributed by atoms with Gasteiger partial charge in [0.1, 0.15) is 11.4 Å². The average molecular weight is 277 g/mol. The molecule has 0 bridgehead atoms. The highest BCUT2D eigenvalue weighted by molar-refractivity contribution is 5.85. The molecule has 0 aliphatic heterocycles. The lowest BCUT2D eigenvalue weighted by molar-refractivity contribution is -0.131. The summed E-state index contributed by atoms with van der Waals surface area (Å²) >= 11 is 0. The second-order valence-electron chi connectivity index (χ2n) is 4.77. The van der Waals surface area contributed by atoms with Crippen LogP contribution < -0.4 is 4.74 Å². The molecule has 1 aromatic heterocycles. The lowest BCUT2D eigenvalue weighted by Gasteiger charge is -2.09. The zero-order valence-corrected chi connectivity index (χ0v) is 12.3. The molecule has 0 radical (unpaired) electrons. The zero-order valence-electron chi connectivity index (χ0n) is 12.3. The van der Waals surface area contributed by atoms with Gasteiger partial charge in [-0.25, -0.2) is 9.78 Å². The van der Waals surface area contributed by atoms with E-state index >= 15 is 0 Å². The zero-order chi connectivity index (χ0) is 14.8. The Balaban J connectivity index is 2.53. The smallest absolute Gasteiger partial charge is 0.328 e. The fourth-order valence-electron chi connectivity index (χ4n) is 1.84. The largest absolute Gasteiger partial charge is 0.491 e. The number of nitrogens with zero attached hydrogens (tertiary/aromatic N) is 1. The minimum absolute atomic E-state index is 0.570. The van der Waals surface area contributed by atoms with E-state index in [0.29, 0.717) is 18.1 Å². The predicted molar refractivity (Wildman–Crippen MR) is 79.9 cm³/mol. The van der Waals surface area contributed by atoms with E-state index in [2.05, 4.69) is 11.9 Å². The van der Waals surface area contributed by atoms with Gasteiger partial charge in [-0.1, -0.05) is 32.6 Å². The number of unbranched alkanes of at least 4 members (excludes halogenated alkanes) is 4. The van der Waals surface area contributed by atoms with E-state index in [1.54, 1.807) is 0 Å². The number of aryl methyl sites for hydroxylation is 1. The predicted octanol–water partition coefficient (Wildman–Crippen LogP) is 3.84. The van der Waals surface area contributed by atoms with Gasteiger partial charge in [-0.05, 0) is 31.6 Å². The lowest BCUT2D eigenvalue weighted by Crippen LogP contribution is -2.01.